The van der Waals surface area contributed by atoms with E-state index in [0.29, 0.717) is 19.3 Å². The number of carboxylic acid groups (broad SMARTS) is 1. The monoisotopic (exact) mass is 256 g/mol. The minimum atomic E-state index is -0.910. The number of carbonyl (C=O) groups excluding carboxylic acids is 1. The quantitative estimate of drug-likeness (QED) is 0.667. The molecule has 0 aliphatic heterocycles. The van der Waals surface area contributed by atoms with Crippen molar-refractivity contribution in [1.29, 1.82) is 0 Å². The molecule has 104 valence electrons. The average Bonchev–Trinajstić information content (AvgIpc) is 2.75. The van der Waals surface area contributed by atoms with E-state index < -0.39 is 16.9 Å². The standard InChI is InChI=1S/C13H24N2O3/c1-3-6-12(2,14)10(16)15-9-13(11(17)18)7-4-5-8-13/h3-9,14H2,1-2H3,(H,15,16)(H,17,18). The molecule has 1 aliphatic carbocycles. The van der Waals surface area contributed by atoms with E-state index >= 15 is 0 Å². The van der Waals surface area contributed by atoms with Gasteiger partial charge in [-0.25, -0.2) is 0 Å². The summed E-state index contributed by atoms with van der Waals surface area (Å²) < 4.78 is 0. The third kappa shape index (κ3) is 3.22. The molecule has 0 spiro atoms. The summed E-state index contributed by atoms with van der Waals surface area (Å²) in [5, 5.41) is 12.0. The van der Waals surface area contributed by atoms with Gasteiger partial charge in [0.1, 0.15) is 0 Å². The number of carbonyl (C=O) groups is 2. The highest BCUT2D eigenvalue weighted by Gasteiger charge is 2.42. The van der Waals surface area contributed by atoms with Gasteiger partial charge in [0, 0.05) is 6.54 Å². The van der Waals surface area contributed by atoms with Crippen LogP contribution in [-0.2, 0) is 9.59 Å². The van der Waals surface area contributed by atoms with Crippen LogP contribution >= 0.6 is 0 Å². The molecular formula is C13H24N2O3. The summed E-state index contributed by atoms with van der Waals surface area (Å²) in [7, 11) is 0. The summed E-state index contributed by atoms with van der Waals surface area (Å²) in [6.45, 7) is 3.85. The average molecular weight is 256 g/mol. The van der Waals surface area contributed by atoms with Gasteiger partial charge in [0.25, 0.3) is 0 Å². The maximum atomic E-state index is 11.9. The summed E-state index contributed by atoms with van der Waals surface area (Å²) in [4.78, 5) is 23.3. The molecule has 1 atom stereocenters. The van der Waals surface area contributed by atoms with E-state index in [1.807, 2.05) is 6.92 Å². The molecule has 1 unspecified atom stereocenters. The minimum absolute atomic E-state index is 0.192. The number of nitrogens with two attached hydrogens (primary N) is 1. The Balaban J connectivity index is 2.58. The fraction of sp³-hybridized carbons (Fsp3) is 0.846. The Kier molecular flexibility index (Phi) is 4.73. The van der Waals surface area contributed by atoms with Gasteiger partial charge < -0.3 is 16.2 Å². The smallest absolute Gasteiger partial charge is 0.311 e. The van der Waals surface area contributed by atoms with Crippen molar-refractivity contribution in [2.24, 2.45) is 11.1 Å². The highest BCUT2D eigenvalue weighted by atomic mass is 16.4. The zero-order chi connectivity index (χ0) is 13.8. The van der Waals surface area contributed by atoms with Crippen LogP contribution in [0.5, 0.6) is 0 Å². The van der Waals surface area contributed by atoms with Crippen LogP contribution in [0.25, 0.3) is 0 Å². The molecular weight excluding hydrogens is 232 g/mol. The third-order valence-corrected chi connectivity index (χ3v) is 3.89. The van der Waals surface area contributed by atoms with E-state index in [4.69, 9.17) is 5.73 Å². The first-order chi connectivity index (χ1) is 8.34. The van der Waals surface area contributed by atoms with Crippen molar-refractivity contribution in [3.05, 3.63) is 0 Å². The van der Waals surface area contributed by atoms with Gasteiger partial charge >= 0.3 is 5.97 Å². The molecule has 0 aromatic carbocycles. The Hall–Kier alpha value is -1.10. The molecule has 1 rings (SSSR count). The molecule has 0 radical (unpaired) electrons. The van der Waals surface area contributed by atoms with E-state index in [2.05, 4.69) is 5.32 Å². The molecule has 1 fully saturated rings. The molecule has 1 aliphatic rings. The summed E-state index contributed by atoms with van der Waals surface area (Å²) in [6, 6.07) is 0. The van der Waals surface area contributed by atoms with Crippen molar-refractivity contribution in [3.63, 3.8) is 0 Å². The molecule has 0 aromatic heterocycles. The van der Waals surface area contributed by atoms with Crippen LogP contribution < -0.4 is 11.1 Å². The third-order valence-electron chi connectivity index (χ3n) is 3.89. The topological polar surface area (TPSA) is 92.4 Å². The lowest BCUT2D eigenvalue weighted by atomic mass is 9.85. The van der Waals surface area contributed by atoms with Crippen molar-refractivity contribution in [3.8, 4) is 0 Å². The summed E-state index contributed by atoms with van der Waals surface area (Å²) in [5.74, 6) is -1.06. The van der Waals surface area contributed by atoms with Gasteiger partial charge in [0.05, 0.1) is 11.0 Å². The van der Waals surface area contributed by atoms with Crippen molar-refractivity contribution in [2.75, 3.05) is 6.54 Å². The van der Waals surface area contributed by atoms with Gasteiger partial charge in [-0.05, 0) is 26.2 Å². The fourth-order valence-corrected chi connectivity index (χ4v) is 2.60. The number of aliphatic carboxylic acids is 1. The molecule has 4 N–H and O–H groups in total. The number of amides is 1. The molecule has 1 saturated carbocycles. The maximum Gasteiger partial charge on any atom is 0.311 e. The number of hydrogen-bond donors (Lipinski definition) is 3. The predicted molar refractivity (Wildman–Crippen MR) is 69.0 cm³/mol. The molecule has 0 aromatic rings. The van der Waals surface area contributed by atoms with Crippen LogP contribution in [0.4, 0.5) is 0 Å². The van der Waals surface area contributed by atoms with E-state index in [9.17, 15) is 14.7 Å². The second-order valence-corrected chi connectivity index (χ2v) is 5.64. The molecule has 0 bridgehead atoms. The van der Waals surface area contributed by atoms with Crippen molar-refractivity contribution >= 4 is 11.9 Å². The highest BCUT2D eigenvalue weighted by Crippen LogP contribution is 2.37. The zero-order valence-corrected chi connectivity index (χ0v) is 11.3. The van der Waals surface area contributed by atoms with Crippen LogP contribution in [-0.4, -0.2) is 29.1 Å². The van der Waals surface area contributed by atoms with Gasteiger partial charge in [-0.2, -0.15) is 0 Å². The van der Waals surface area contributed by atoms with Crippen LogP contribution in [0.15, 0.2) is 0 Å². The van der Waals surface area contributed by atoms with Crippen molar-refractivity contribution in [2.45, 2.75) is 57.9 Å². The number of hydrogen-bond acceptors (Lipinski definition) is 3. The molecule has 18 heavy (non-hydrogen) atoms. The van der Waals surface area contributed by atoms with Crippen molar-refractivity contribution < 1.29 is 14.7 Å². The molecule has 0 saturated heterocycles. The van der Waals surface area contributed by atoms with Crippen LogP contribution in [0.3, 0.4) is 0 Å². The largest absolute Gasteiger partial charge is 0.481 e. The Morgan fingerprint density at radius 2 is 1.94 bits per heavy atom. The summed E-state index contributed by atoms with van der Waals surface area (Å²) in [5.41, 5.74) is 4.23. The molecule has 0 heterocycles. The number of rotatable bonds is 6. The first-order valence-electron chi connectivity index (χ1n) is 6.65. The molecule has 5 nitrogen and oxygen atoms in total. The lowest BCUT2D eigenvalue weighted by Gasteiger charge is -2.28. The van der Waals surface area contributed by atoms with Crippen LogP contribution in [0.2, 0.25) is 0 Å². The van der Waals surface area contributed by atoms with Gasteiger partial charge in [-0.15, -0.1) is 0 Å². The Morgan fingerprint density at radius 1 is 1.39 bits per heavy atom. The maximum absolute atomic E-state index is 11.9. The lowest BCUT2D eigenvalue weighted by Crippen LogP contribution is -2.54. The highest BCUT2D eigenvalue weighted by molar-refractivity contribution is 5.86. The SMILES string of the molecule is CCCC(C)(N)C(=O)NCC1(C(=O)O)CCCC1. The molecule has 5 heteroatoms. The minimum Gasteiger partial charge on any atom is -0.481 e. The predicted octanol–water partition coefficient (Wildman–Crippen LogP) is 1.27. The second-order valence-electron chi connectivity index (χ2n) is 5.64. The van der Waals surface area contributed by atoms with Gasteiger partial charge in [0.2, 0.25) is 5.91 Å². The summed E-state index contributed by atoms with van der Waals surface area (Å²) >= 11 is 0. The number of carboxylic acids is 1. The molecule has 1 amide bonds. The normalized spacial score (nSPS) is 21.3. The lowest BCUT2D eigenvalue weighted by molar-refractivity contribution is -0.148. The van der Waals surface area contributed by atoms with E-state index in [-0.39, 0.29) is 12.5 Å². The Bertz CT molecular complexity index is 320. The Labute approximate surface area is 108 Å². The van der Waals surface area contributed by atoms with Gasteiger partial charge in [-0.1, -0.05) is 26.2 Å². The summed E-state index contributed by atoms with van der Waals surface area (Å²) in [6.07, 6.45) is 4.52. The first kappa shape index (κ1) is 15.0. The van der Waals surface area contributed by atoms with Crippen LogP contribution in [0, 0.1) is 5.41 Å². The first-order valence-corrected chi connectivity index (χ1v) is 6.65. The van der Waals surface area contributed by atoms with E-state index in [0.717, 1.165) is 19.3 Å². The number of nitrogens with one attached hydrogen (secondary N) is 1. The van der Waals surface area contributed by atoms with Gasteiger partial charge in [0.15, 0.2) is 0 Å². The van der Waals surface area contributed by atoms with E-state index in [1.54, 1.807) is 6.92 Å². The van der Waals surface area contributed by atoms with E-state index in [1.165, 1.54) is 0 Å². The van der Waals surface area contributed by atoms with Crippen LogP contribution in [0.1, 0.15) is 52.4 Å². The van der Waals surface area contributed by atoms with Gasteiger partial charge in [-0.3, -0.25) is 9.59 Å². The second kappa shape index (κ2) is 5.69. The van der Waals surface area contributed by atoms with Crippen molar-refractivity contribution in [1.82, 2.24) is 5.32 Å². The fourth-order valence-electron chi connectivity index (χ4n) is 2.60. The zero-order valence-electron chi connectivity index (χ0n) is 11.3. The Morgan fingerprint density at radius 3 is 2.39 bits per heavy atom.